The van der Waals surface area contributed by atoms with Gasteiger partial charge in [-0.2, -0.15) is 0 Å². The van der Waals surface area contributed by atoms with E-state index in [9.17, 15) is 14.4 Å². The Kier molecular flexibility index (Phi) is 5.21. The summed E-state index contributed by atoms with van der Waals surface area (Å²) in [5.74, 6) is -0.318. The van der Waals surface area contributed by atoms with Crippen molar-refractivity contribution in [2.75, 3.05) is 6.61 Å². The Bertz CT molecular complexity index is 1230. The molecule has 2 aromatic heterocycles. The van der Waals surface area contributed by atoms with Crippen LogP contribution in [0.25, 0.3) is 11.4 Å². The first-order chi connectivity index (χ1) is 14.7. The summed E-state index contributed by atoms with van der Waals surface area (Å²) < 4.78 is 10.5. The van der Waals surface area contributed by atoms with E-state index in [0.717, 1.165) is 23.5 Å². The van der Waals surface area contributed by atoms with Crippen LogP contribution >= 0.6 is 0 Å². The first kappa shape index (κ1) is 20.9. The van der Waals surface area contributed by atoms with Crippen molar-refractivity contribution in [2.45, 2.75) is 34.1 Å². The first-order valence-corrected chi connectivity index (χ1v) is 10.5. The van der Waals surface area contributed by atoms with Gasteiger partial charge >= 0.3 is 5.97 Å². The molecule has 0 spiro atoms. The van der Waals surface area contributed by atoms with Crippen LogP contribution in [0.2, 0.25) is 0 Å². The third-order valence-electron chi connectivity index (χ3n) is 6.24. The molecule has 162 valence electrons. The lowest BCUT2D eigenvalue weighted by molar-refractivity contribution is -0.144. The van der Waals surface area contributed by atoms with Crippen LogP contribution in [-0.4, -0.2) is 32.3 Å². The fraction of sp³-hybridized carbons (Fsp3) is 0.375. The van der Waals surface area contributed by atoms with Gasteiger partial charge in [-0.25, -0.2) is 4.68 Å². The van der Waals surface area contributed by atoms with Crippen molar-refractivity contribution in [3.63, 3.8) is 0 Å². The molecule has 1 aliphatic carbocycles. The molecule has 2 heterocycles. The number of carbonyl (C=O) groups excluding carboxylic acids is 2. The maximum atomic E-state index is 13.4. The number of para-hydroxylation sites is 1. The molecule has 1 aromatic carbocycles. The highest BCUT2D eigenvalue weighted by molar-refractivity contribution is 5.99. The van der Waals surface area contributed by atoms with E-state index in [1.165, 1.54) is 0 Å². The Morgan fingerprint density at radius 1 is 1.10 bits per heavy atom. The van der Waals surface area contributed by atoms with Gasteiger partial charge in [0.15, 0.2) is 6.61 Å². The van der Waals surface area contributed by atoms with Crippen LogP contribution in [0, 0.1) is 32.6 Å². The number of benzene rings is 1. The van der Waals surface area contributed by atoms with Gasteiger partial charge in [0.05, 0.1) is 17.3 Å². The van der Waals surface area contributed by atoms with E-state index in [-0.39, 0.29) is 29.8 Å². The summed E-state index contributed by atoms with van der Waals surface area (Å²) in [5.41, 5.74) is 3.78. The van der Waals surface area contributed by atoms with Crippen molar-refractivity contribution < 1.29 is 14.3 Å². The fourth-order valence-electron chi connectivity index (χ4n) is 4.17. The number of carbonyl (C=O) groups is 2. The molecule has 7 heteroatoms. The van der Waals surface area contributed by atoms with Crippen molar-refractivity contribution in [3.05, 3.63) is 69.4 Å². The molecule has 0 saturated heterocycles. The standard InChI is InChI=1S/C24H27N3O4/c1-14-11-19(14)24(30)31-13-21(28)20-12-15(2)26(16(20)3)22-17(4)25(5)27(23(22)29)18-9-7-6-8-10-18/h6-10,12,14,19H,11,13H2,1-5H3/t14-,19+/m1/s1. The maximum Gasteiger partial charge on any atom is 0.309 e. The van der Waals surface area contributed by atoms with E-state index in [1.807, 2.05) is 74.3 Å². The van der Waals surface area contributed by atoms with E-state index in [1.54, 1.807) is 10.7 Å². The summed E-state index contributed by atoms with van der Waals surface area (Å²) in [7, 11) is 1.84. The van der Waals surface area contributed by atoms with E-state index < -0.39 is 0 Å². The Balaban J connectivity index is 1.69. The average molecular weight is 421 g/mol. The molecule has 0 unspecified atom stereocenters. The zero-order chi connectivity index (χ0) is 22.4. The molecule has 7 nitrogen and oxygen atoms in total. The molecule has 3 aromatic rings. The van der Waals surface area contributed by atoms with Crippen molar-refractivity contribution in [1.29, 1.82) is 0 Å². The molecule has 0 amide bonds. The number of ketones is 1. The number of ether oxygens (including phenoxy) is 1. The predicted octanol–water partition coefficient (Wildman–Crippen LogP) is 3.27. The molecule has 2 atom stereocenters. The molecule has 1 aliphatic rings. The molecule has 0 aliphatic heterocycles. The summed E-state index contributed by atoms with van der Waals surface area (Å²) in [6, 6.07) is 11.2. The smallest absolute Gasteiger partial charge is 0.309 e. The number of rotatable bonds is 6. The van der Waals surface area contributed by atoms with Gasteiger partial charge in [0.25, 0.3) is 5.56 Å². The van der Waals surface area contributed by atoms with E-state index in [4.69, 9.17) is 4.74 Å². The van der Waals surface area contributed by atoms with E-state index in [2.05, 4.69) is 0 Å². The second-order valence-corrected chi connectivity index (χ2v) is 8.38. The summed E-state index contributed by atoms with van der Waals surface area (Å²) in [4.78, 5) is 38.1. The van der Waals surface area contributed by atoms with Crippen molar-refractivity contribution in [2.24, 2.45) is 18.9 Å². The third kappa shape index (κ3) is 3.54. The summed E-state index contributed by atoms with van der Waals surface area (Å²) >= 11 is 0. The van der Waals surface area contributed by atoms with Crippen LogP contribution < -0.4 is 5.56 Å². The van der Waals surface area contributed by atoms with Crippen LogP contribution in [0.4, 0.5) is 0 Å². The molecule has 0 N–H and O–H groups in total. The highest BCUT2D eigenvalue weighted by atomic mass is 16.5. The number of aryl methyl sites for hydroxylation is 1. The molecule has 4 rings (SSSR count). The van der Waals surface area contributed by atoms with Crippen LogP contribution in [0.15, 0.2) is 41.2 Å². The third-order valence-corrected chi connectivity index (χ3v) is 6.24. The molecular weight excluding hydrogens is 394 g/mol. The zero-order valence-corrected chi connectivity index (χ0v) is 18.5. The lowest BCUT2D eigenvalue weighted by atomic mass is 10.1. The van der Waals surface area contributed by atoms with Gasteiger partial charge in [-0.1, -0.05) is 25.1 Å². The second-order valence-electron chi connectivity index (χ2n) is 8.38. The van der Waals surface area contributed by atoms with E-state index in [0.29, 0.717) is 22.9 Å². The minimum absolute atomic E-state index is 0.0800. The largest absolute Gasteiger partial charge is 0.457 e. The Morgan fingerprint density at radius 3 is 2.35 bits per heavy atom. The molecule has 0 radical (unpaired) electrons. The summed E-state index contributed by atoms with van der Waals surface area (Å²) in [6.45, 7) is 7.26. The quantitative estimate of drug-likeness (QED) is 0.452. The van der Waals surface area contributed by atoms with Crippen LogP contribution in [-0.2, 0) is 16.6 Å². The van der Waals surface area contributed by atoms with Gasteiger partial charge in [0.1, 0.15) is 5.69 Å². The minimum Gasteiger partial charge on any atom is -0.457 e. The highest BCUT2D eigenvalue weighted by Crippen LogP contribution is 2.38. The van der Waals surface area contributed by atoms with Gasteiger partial charge in [0.2, 0.25) is 5.78 Å². The minimum atomic E-state index is -0.306. The molecule has 1 fully saturated rings. The van der Waals surface area contributed by atoms with Crippen molar-refractivity contribution >= 4 is 11.8 Å². The second kappa shape index (κ2) is 7.72. The lowest BCUT2D eigenvalue weighted by Gasteiger charge is -2.09. The zero-order valence-electron chi connectivity index (χ0n) is 18.5. The Morgan fingerprint density at radius 2 is 1.74 bits per heavy atom. The number of nitrogens with zero attached hydrogens (tertiary/aromatic N) is 3. The molecular formula is C24H27N3O4. The Hall–Kier alpha value is -3.35. The first-order valence-electron chi connectivity index (χ1n) is 10.5. The molecule has 31 heavy (non-hydrogen) atoms. The van der Waals surface area contributed by atoms with E-state index >= 15 is 0 Å². The fourth-order valence-corrected chi connectivity index (χ4v) is 4.17. The number of Topliss-reactive ketones (excluding diaryl/α,β-unsaturated/α-hetero) is 1. The van der Waals surface area contributed by atoms with Gasteiger partial charge < -0.3 is 9.30 Å². The van der Waals surface area contributed by atoms with Gasteiger partial charge in [-0.3, -0.25) is 19.1 Å². The number of hydrogen-bond donors (Lipinski definition) is 0. The summed E-state index contributed by atoms with van der Waals surface area (Å²) in [6.07, 6.45) is 0.822. The Labute approximate surface area is 180 Å². The average Bonchev–Trinajstić information content (AvgIpc) is 3.36. The summed E-state index contributed by atoms with van der Waals surface area (Å²) in [5, 5.41) is 0. The van der Waals surface area contributed by atoms with Gasteiger partial charge in [0, 0.05) is 24.0 Å². The van der Waals surface area contributed by atoms with Crippen LogP contribution in [0.1, 0.15) is 40.8 Å². The normalized spacial score (nSPS) is 17.6. The van der Waals surface area contributed by atoms with Crippen LogP contribution in [0.5, 0.6) is 0 Å². The van der Waals surface area contributed by atoms with Crippen molar-refractivity contribution in [3.8, 4) is 11.4 Å². The maximum absolute atomic E-state index is 13.4. The molecule has 1 saturated carbocycles. The topological polar surface area (TPSA) is 75.2 Å². The highest BCUT2D eigenvalue weighted by Gasteiger charge is 2.40. The number of aromatic nitrogens is 3. The lowest BCUT2D eigenvalue weighted by Crippen LogP contribution is -2.22. The predicted molar refractivity (Wildman–Crippen MR) is 117 cm³/mol. The van der Waals surface area contributed by atoms with Gasteiger partial charge in [-0.15, -0.1) is 0 Å². The van der Waals surface area contributed by atoms with Crippen LogP contribution in [0.3, 0.4) is 0 Å². The SMILES string of the molecule is Cc1cc(C(=O)COC(=O)[C@H]2C[C@H]2C)c(C)n1-c1c(C)n(C)n(-c2ccccc2)c1=O. The van der Waals surface area contributed by atoms with Gasteiger partial charge in [-0.05, 0) is 51.3 Å². The number of esters is 1. The molecule has 0 bridgehead atoms. The monoisotopic (exact) mass is 421 g/mol. The number of hydrogen-bond acceptors (Lipinski definition) is 4. The van der Waals surface area contributed by atoms with Crippen molar-refractivity contribution in [1.82, 2.24) is 13.9 Å².